The fraction of sp³-hybridized carbons (Fsp3) is 0.421. The van der Waals surface area contributed by atoms with Gasteiger partial charge in [-0.05, 0) is 49.4 Å². The van der Waals surface area contributed by atoms with Gasteiger partial charge in [0.25, 0.3) is 5.91 Å². The van der Waals surface area contributed by atoms with Gasteiger partial charge < -0.3 is 9.64 Å². The number of nitrogens with zero attached hydrogens (tertiary/aromatic N) is 3. The summed E-state index contributed by atoms with van der Waals surface area (Å²) in [5.74, 6) is -0.0522. The predicted octanol–water partition coefficient (Wildman–Crippen LogP) is 2.82. The van der Waals surface area contributed by atoms with Crippen LogP contribution in [0.4, 0.5) is 0 Å². The van der Waals surface area contributed by atoms with Gasteiger partial charge in [0, 0.05) is 32.2 Å². The number of ether oxygens (including phenoxy) is 1. The smallest absolute Gasteiger partial charge is 0.255 e. The lowest BCUT2D eigenvalue weighted by Gasteiger charge is -2.27. The molecule has 5 nitrogen and oxygen atoms in total. The van der Waals surface area contributed by atoms with E-state index in [1.807, 2.05) is 24.3 Å². The van der Waals surface area contributed by atoms with Gasteiger partial charge in [-0.15, -0.1) is 0 Å². The van der Waals surface area contributed by atoms with Gasteiger partial charge in [-0.1, -0.05) is 6.07 Å². The standard InChI is InChI=1S/C19H23N3O2/c1-22(18(13-24-2)17-9-5-6-10-20-17)19(23)15-11-14-7-3-4-8-16(14)21-12-15/h5-6,9-12,18H,3-4,7-8,13H2,1-2H3/t18-/m1/s1. The fourth-order valence-corrected chi connectivity index (χ4v) is 3.18. The quantitative estimate of drug-likeness (QED) is 0.848. The fourth-order valence-electron chi connectivity index (χ4n) is 3.18. The van der Waals surface area contributed by atoms with E-state index in [-0.39, 0.29) is 11.9 Å². The van der Waals surface area contributed by atoms with Crippen LogP contribution >= 0.6 is 0 Å². The van der Waals surface area contributed by atoms with E-state index in [1.54, 1.807) is 31.5 Å². The first kappa shape index (κ1) is 16.6. The number of rotatable bonds is 5. The molecule has 0 fully saturated rings. The maximum absolute atomic E-state index is 12.9. The lowest BCUT2D eigenvalue weighted by Crippen LogP contribution is -2.34. The summed E-state index contributed by atoms with van der Waals surface area (Å²) in [7, 11) is 3.43. The molecule has 1 aliphatic carbocycles. The van der Waals surface area contributed by atoms with Crippen molar-refractivity contribution in [3.63, 3.8) is 0 Å². The molecule has 0 aromatic carbocycles. The first-order chi connectivity index (χ1) is 11.7. The Morgan fingerprint density at radius 2 is 2.12 bits per heavy atom. The Morgan fingerprint density at radius 3 is 2.88 bits per heavy atom. The predicted molar refractivity (Wildman–Crippen MR) is 91.8 cm³/mol. The van der Waals surface area contributed by atoms with Crippen LogP contribution in [0.15, 0.2) is 36.7 Å². The summed E-state index contributed by atoms with van der Waals surface area (Å²) in [6.45, 7) is 0.400. The number of carbonyl (C=O) groups excluding carboxylic acids is 1. The van der Waals surface area contributed by atoms with E-state index < -0.39 is 0 Å². The molecule has 2 aromatic rings. The Labute approximate surface area is 142 Å². The molecule has 0 unspecified atom stereocenters. The monoisotopic (exact) mass is 325 g/mol. The summed E-state index contributed by atoms with van der Waals surface area (Å²) in [5.41, 5.74) is 3.80. The second-order valence-corrected chi connectivity index (χ2v) is 6.18. The van der Waals surface area contributed by atoms with Crippen molar-refractivity contribution >= 4 is 5.91 Å². The number of aromatic nitrogens is 2. The van der Waals surface area contributed by atoms with Crippen LogP contribution in [0.2, 0.25) is 0 Å². The topological polar surface area (TPSA) is 55.3 Å². The second kappa shape index (κ2) is 7.53. The van der Waals surface area contributed by atoms with Crippen LogP contribution < -0.4 is 0 Å². The maximum atomic E-state index is 12.9. The van der Waals surface area contributed by atoms with Gasteiger partial charge in [0.2, 0.25) is 0 Å². The number of carbonyl (C=O) groups is 1. The summed E-state index contributed by atoms with van der Waals surface area (Å²) in [4.78, 5) is 23.5. The molecule has 1 amide bonds. The molecule has 0 aliphatic heterocycles. The second-order valence-electron chi connectivity index (χ2n) is 6.18. The van der Waals surface area contributed by atoms with E-state index in [0.717, 1.165) is 24.2 Å². The first-order valence-corrected chi connectivity index (χ1v) is 8.35. The van der Waals surface area contributed by atoms with Gasteiger partial charge >= 0.3 is 0 Å². The van der Waals surface area contributed by atoms with Gasteiger partial charge in [0.1, 0.15) is 0 Å². The molecular formula is C19H23N3O2. The van der Waals surface area contributed by atoms with Gasteiger partial charge in [-0.2, -0.15) is 0 Å². The van der Waals surface area contributed by atoms with Gasteiger partial charge in [-0.25, -0.2) is 0 Å². The van der Waals surface area contributed by atoms with Crippen molar-refractivity contribution < 1.29 is 9.53 Å². The maximum Gasteiger partial charge on any atom is 0.255 e. The van der Waals surface area contributed by atoms with Crippen molar-refractivity contribution in [1.82, 2.24) is 14.9 Å². The molecule has 24 heavy (non-hydrogen) atoms. The zero-order valence-electron chi connectivity index (χ0n) is 14.2. The molecule has 0 spiro atoms. The number of aryl methyl sites for hydroxylation is 2. The first-order valence-electron chi connectivity index (χ1n) is 8.35. The van der Waals surface area contributed by atoms with Crippen molar-refractivity contribution in [3.8, 4) is 0 Å². The largest absolute Gasteiger partial charge is 0.382 e. The molecule has 1 atom stereocenters. The average Bonchev–Trinajstić information content (AvgIpc) is 2.65. The summed E-state index contributed by atoms with van der Waals surface area (Å²) in [6, 6.07) is 7.48. The molecule has 0 bridgehead atoms. The number of likely N-dealkylation sites (N-methyl/N-ethyl adjacent to an activating group) is 1. The highest BCUT2D eigenvalue weighted by Gasteiger charge is 2.25. The van der Waals surface area contributed by atoms with Gasteiger partial charge in [-0.3, -0.25) is 14.8 Å². The Kier molecular flexibility index (Phi) is 5.20. The zero-order valence-corrected chi connectivity index (χ0v) is 14.2. The molecule has 0 saturated carbocycles. The van der Waals surface area contributed by atoms with Crippen LogP contribution in [0.1, 0.15) is 46.2 Å². The van der Waals surface area contributed by atoms with E-state index in [9.17, 15) is 4.79 Å². The Bertz CT molecular complexity index is 703. The normalized spacial score (nSPS) is 14.8. The Balaban J connectivity index is 1.84. The Hall–Kier alpha value is -2.27. The summed E-state index contributed by atoms with van der Waals surface area (Å²) in [5, 5.41) is 0. The molecule has 2 aromatic heterocycles. The van der Waals surface area contributed by atoms with Crippen molar-refractivity contribution in [2.75, 3.05) is 20.8 Å². The highest BCUT2D eigenvalue weighted by atomic mass is 16.5. The summed E-state index contributed by atoms with van der Waals surface area (Å²) < 4.78 is 5.31. The Morgan fingerprint density at radius 1 is 1.29 bits per heavy atom. The van der Waals surface area contributed by atoms with E-state index in [2.05, 4.69) is 9.97 Å². The summed E-state index contributed by atoms with van der Waals surface area (Å²) >= 11 is 0. The van der Waals surface area contributed by atoms with Crippen LogP contribution in [-0.2, 0) is 17.6 Å². The van der Waals surface area contributed by atoms with Crippen LogP contribution in [0.5, 0.6) is 0 Å². The minimum Gasteiger partial charge on any atom is -0.382 e. The van der Waals surface area contributed by atoms with E-state index >= 15 is 0 Å². The molecule has 0 saturated heterocycles. The minimum atomic E-state index is -0.222. The average molecular weight is 325 g/mol. The number of methoxy groups -OCH3 is 1. The van der Waals surface area contributed by atoms with Gasteiger partial charge in [0.15, 0.2) is 0 Å². The molecule has 0 radical (unpaired) electrons. The lowest BCUT2D eigenvalue weighted by atomic mass is 9.95. The van der Waals surface area contributed by atoms with Gasteiger partial charge in [0.05, 0.1) is 23.9 Å². The molecule has 2 heterocycles. The lowest BCUT2D eigenvalue weighted by molar-refractivity contribution is 0.0594. The molecule has 126 valence electrons. The third kappa shape index (κ3) is 3.46. The minimum absolute atomic E-state index is 0.0522. The number of fused-ring (bicyclic) bond motifs is 1. The number of pyridine rings is 2. The molecule has 1 aliphatic rings. The SMILES string of the molecule is COC[C@H](c1ccccn1)N(C)C(=O)c1cnc2c(c1)CCCC2. The zero-order chi connectivity index (χ0) is 16.9. The van der Waals surface area contributed by atoms with Crippen LogP contribution in [-0.4, -0.2) is 41.5 Å². The highest BCUT2D eigenvalue weighted by Crippen LogP contribution is 2.23. The molecular weight excluding hydrogens is 302 g/mol. The number of hydrogen-bond acceptors (Lipinski definition) is 4. The highest BCUT2D eigenvalue weighted by molar-refractivity contribution is 5.94. The molecule has 0 N–H and O–H groups in total. The third-order valence-electron chi connectivity index (χ3n) is 4.56. The van der Waals surface area contributed by atoms with Crippen molar-refractivity contribution in [3.05, 3.63) is 59.2 Å². The van der Waals surface area contributed by atoms with E-state index in [4.69, 9.17) is 4.74 Å². The van der Waals surface area contributed by atoms with E-state index in [1.165, 1.54) is 18.4 Å². The van der Waals surface area contributed by atoms with Crippen LogP contribution in [0.3, 0.4) is 0 Å². The van der Waals surface area contributed by atoms with Crippen molar-refractivity contribution in [1.29, 1.82) is 0 Å². The number of hydrogen-bond donors (Lipinski definition) is 0. The third-order valence-corrected chi connectivity index (χ3v) is 4.56. The van der Waals surface area contributed by atoms with Crippen LogP contribution in [0, 0.1) is 0 Å². The number of amides is 1. The van der Waals surface area contributed by atoms with E-state index in [0.29, 0.717) is 12.2 Å². The van der Waals surface area contributed by atoms with Crippen molar-refractivity contribution in [2.24, 2.45) is 0 Å². The van der Waals surface area contributed by atoms with Crippen molar-refractivity contribution in [2.45, 2.75) is 31.7 Å². The molecule has 3 rings (SSSR count). The summed E-state index contributed by atoms with van der Waals surface area (Å²) in [6.07, 6.45) is 7.81. The molecule has 5 heteroatoms. The van der Waals surface area contributed by atoms with Crippen LogP contribution in [0.25, 0.3) is 0 Å².